The summed E-state index contributed by atoms with van der Waals surface area (Å²) in [4.78, 5) is 4.93. The molecule has 0 aliphatic rings. The Bertz CT molecular complexity index is 532. The van der Waals surface area contributed by atoms with E-state index >= 15 is 0 Å². The van der Waals surface area contributed by atoms with Crippen molar-refractivity contribution >= 4 is 38.9 Å². The lowest BCUT2D eigenvalue weighted by molar-refractivity contribution is 0.286. The first-order chi connectivity index (χ1) is 7.61. The molecule has 0 spiro atoms. The predicted molar refractivity (Wildman–Crippen MR) is 66.1 cm³/mol. The van der Waals surface area contributed by atoms with Crippen LogP contribution in [0.25, 0.3) is 11.3 Å². The van der Waals surface area contributed by atoms with E-state index in [1.807, 2.05) is 0 Å². The number of halogens is 3. The lowest BCUT2D eigenvalue weighted by atomic mass is 10.1. The summed E-state index contributed by atoms with van der Waals surface area (Å²) in [6.07, 6.45) is 0. The third-order valence-corrected chi connectivity index (χ3v) is 3.79. The predicted octanol–water partition coefficient (Wildman–Crippen LogP) is 3.86. The number of benzene rings is 1. The molecule has 2 rings (SSSR count). The SMILES string of the molecule is OCc1sc(Br)nc1-c1ccc(F)c(Cl)c1. The van der Waals surface area contributed by atoms with Crippen molar-refractivity contribution in [1.82, 2.24) is 4.98 Å². The van der Waals surface area contributed by atoms with E-state index in [-0.39, 0.29) is 11.6 Å². The number of thiazole rings is 1. The minimum absolute atomic E-state index is 0.0468. The maximum absolute atomic E-state index is 13.0. The van der Waals surface area contributed by atoms with Crippen LogP contribution in [0, 0.1) is 5.82 Å². The molecule has 0 saturated heterocycles. The van der Waals surface area contributed by atoms with Crippen molar-refractivity contribution in [1.29, 1.82) is 0 Å². The van der Waals surface area contributed by atoms with Gasteiger partial charge in [-0.3, -0.25) is 0 Å². The first kappa shape index (κ1) is 12.0. The Morgan fingerprint density at radius 2 is 2.25 bits per heavy atom. The standard InChI is InChI=1S/C10H6BrClFNOS/c11-10-14-9(8(4-15)16-10)5-1-2-7(13)6(12)3-5/h1-3,15H,4H2. The van der Waals surface area contributed by atoms with Crippen molar-refractivity contribution in [2.75, 3.05) is 0 Å². The van der Waals surface area contributed by atoms with Gasteiger partial charge in [-0.05, 0) is 34.1 Å². The fourth-order valence-electron chi connectivity index (χ4n) is 1.30. The first-order valence-corrected chi connectivity index (χ1v) is 6.32. The molecule has 2 aromatic rings. The van der Waals surface area contributed by atoms with Gasteiger partial charge in [0, 0.05) is 5.56 Å². The summed E-state index contributed by atoms with van der Waals surface area (Å²) in [7, 11) is 0. The second-order valence-electron chi connectivity index (χ2n) is 3.03. The van der Waals surface area contributed by atoms with Crippen LogP contribution in [0.1, 0.15) is 4.88 Å². The molecule has 0 saturated carbocycles. The second-order valence-corrected chi connectivity index (χ2v) is 5.79. The van der Waals surface area contributed by atoms with Gasteiger partial charge >= 0.3 is 0 Å². The van der Waals surface area contributed by atoms with E-state index < -0.39 is 5.82 Å². The zero-order valence-corrected chi connectivity index (χ0v) is 11.0. The van der Waals surface area contributed by atoms with Crippen molar-refractivity contribution in [3.8, 4) is 11.3 Å². The highest BCUT2D eigenvalue weighted by Crippen LogP contribution is 2.32. The van der Waals surface area contributed by atoms with E-state index in [4.69, 9.17) is 16.7 Å². The smallest absolute Gasteiger partial charge is 0.160 e. The molecule has 1 heterocycles. The average molecular weight is 323 g/mol. The maximum atomic E-state index is 13.0. The van der Waals surface area contributed by atoms with Crippen LogP contribution in [0.15, 0.2) is 22.1 Å². The molecule has 0 fully saturated rings. The Labute approximate surface area is 109 Å². The Hall–Kier alpha value is -0.490. The Morgan fingerprint density at radius 3 is 2.88 bits per heavy atom. The average Bonchev–Trinajstić information content (AvgIpc) is 2.63. The van der Waals surface area contributed by atoms with Gasteiger partial charge in [-0.25, -0.2) is 9.37 Å². The van der Waals surface area contributed by atoms with E-state index in [2.05, 4.69) is 20.9 Å². The fraction of sp³-hybridized carbons (Fsp3) is 0.100. The molecule has 0 aliphatic heterocycles. The maximum Gasteiger partial charge on any atom is 0.160 e. The largest absolute Gasteiger partial charge is 0.391 e. The van der Waals surface area contributed by atoms with Crippen LogP contribution < -0.4 is 0 Å². The normalized spacial score (nSPS) is 10.8. The van der Waals surface area contributed by atoms with Crippen LogP contribution in [0.2, 0.25) is 5.02 Å². The number of hydrogen-bond acceptors (Lipinski definition) is 3. The zero-order valence-electron chi connectivity index (χ0n) is 7.88. The van der Waals surface area contributed by atoms with Gasteiger partial charge in [-0.1, -0.05) is 11.6 Å². The Balaban J connectivity index is 2.53. The van der Waals surface area contributed by atoms with Crippen LogP contribution in [0.3, 0.4) is 0 Å². The van der Waals surface area contributed by atoms with Gasteiger partial charge in [0.05, 0.1) is 22.2 Å². The van der Waals surface area contributed by atoms with Gasteiger partial charge in [0.25, 0.3) is 0 Å². The van der Waals surface area contributed by atoms with Crippen molar-refractivity contribution in [3.05, 3.63) is 37.8 Å². The van der Waals surface area contributed by atoms with Gasteiger partial charge in [-0.2, -0.15) is 0 Å². The van der Waals surface area contributed by atoms with Gasteiger partial charge < -0.3 is 5.11 Å². The van der Waals surface area contributed by atoms with Crippen LogP contribution in [0.4, 0.5) is 4.39 Å². The van der Waals surface area contributed by atoms with Crippen molar-refractivity contribution in [2.24, 2.45) is 0 Å². The first-order valence-electron chi connectivity index (χ1n) is 4.33. The molecule has 0 unspecified atom stereocenters. The molecule has 2 nitrogen and oxygen atoms in total. The monoisotopic (exact) mass is 321 g/mol. The highest BCUT2D eigenvalue weighted by atomic mass is 79.9. The Morgan fingerprint density at radius 1 is 1.50 bits per heavy atom. The molecule has 16 heavy (non-hydrogen) atoms. The topological polar surface area (TPSA) is 33.1 Å². The molecule has 1 aromatic carbocycles. The summed E-state index contributed by atoms with van der Waals surface area (Å²) < 4.78 is 13.7. The van der Waals surface area contributed by atoms with E-state index in [1.165, 1.54) is 23.5 Å². The summed E-state index contributed by atoms with van der Waals surface area (Å²) >= 11 is 10.3. The van der Waals surface area contributed by atoms with Gasteiger partial charge in [0.15, 0.2) is 3.92 Å². The molecule has 0 amide bonds. The molecule has 1 N–H and O–H groups in total. The lowest BCUT2D eigenvalue weighted by Gasteiger charge is -2.01. The number of aromatic nitrogens is 1. The molecule has 84 valence electrons. The van der Waals surface area contributed by atoms with E-state index in [1.54, 1.807) is 6.07 Å². The quantitative estimate of drug-likeness (QED) is 0.911. The van der Waals surface area contributed by atoms with Crippen molar-refractivity contribution in [2.45, 2.75) is 6.61 Å². The highest BCUT2D eigenvalue weighted by molar-refractivity contribution is 9.11. The van der Waals surface area contributed by atoms with Crippen LogP contribution in [-0.4, -0.2) is 10.1 Å². The molecule has 0 radical (unpaired) electrons. The summed E-state index contributed by atoms with van der Waals surface area (Å²) in [6.45, 7) is -0.104. The zero-order chi connectivity index (χ0) is 11.7. The molecule has 0 aliphatic carbocycles. The van der Waals surface area contributed by atoms with Gasteiger partial charge in [0.1, 0.15) is 5.82 Å². The van der Waals surface area contributed by atoms with Crippen LogP contribution in [0.5, 0.6) is 0 Å². The molecular formula is C10H6BrClFNOS. The van der Waals surface area contributed by atoms with Crippen molar-refractivity contribution < 1.29 is 9.50 Å². The number of hydrogen-bond donors (Lipinski definition) is 1. The van der Waals surface area contributed by atoms with Crippen molar-refractivity contribution in [3.63, 3.8) is 0 Å². The van der Waals surface area contributed by atoms with E-state index in [0.717, 1.165) is 4.88 Å². The summed E-state index contributed by atoms with van der Waals surface area (Å²) in [5.41, 5.74) is 1.32. The molecule has 0 atom stereocenters. The minimum atomic E-state index is -0.467. The van der Waals surface area contributed by atoms with E-state index in [0.29, 0.717) is 15.2 Å². The number of rotatable bonds is 2. The summed E-state index contributed by atoms with van der Waals surface area (Å²) in [6, 6.07) is 4.37. The lowest BCUT2D eigenvalue weighted by Crippen LogP contribution is -1.86. The number of aliphatic hydroxyl groups is 1. The van der Waals surface area contributed by atoms with E-state index in [9.17, 15) is 4.39 Å². The Kier molecular flexibility index (Phi) is 3.59. The third-order valence-electron chi connectivity index (χ3n) is 2.01. The van der Waals surface area contributed by atoms with Crippen LogP contribution >= 0.6 is 38.9 Å². The molecule has 6 heteroatoms. The summed E-state index contributed by atoms with van der Waals surface area (Å²) in [5, 5.41) is 9.21. The second kappa shape index (κ2) is 4.79. The number of aliphatic hydroxyl groups excluding tert-OH is 1. The fourth-order valence-corrected chi connectivity index (χ4v) is 2.91. The molecular weight excluding hydrogens is 317 g/mol. The third kappa shape index (κ3) is 2.27. The molecule has 0 bridgehead atoms. The minimum Gasteiger partial charge on any atom is -0.391 e. The number of nitrogens with zero attached hydrogens (tertiary/aromatic N) is 1. The highest BCUT2D eigenvalue weighted by Gasteiger charge is 2.12. The van der Waals surface area contributed by atoms with Gasteiger partial charge in [-0.15, -0.1) is 11.3 Å². The molecule has 1 aromatic heterocycles. The van der Waals surface area contributed by atoms with Gasteiger partial charge in [0.2, 0.25) is 0 Å². The summed E-state index contributed by atoms with van der Waals surface area (Å²) in [5.74, 6) is -0.467. The van der Waals surface area contributed by atoms with Crippen LogP contribution in [-0.2, 0) is 6.61 Å².